The number of rotatable bonds is 3. The minimum absolute atomic E-state index is 0.193. The summed E-state index contributed by atoms with van der Waals surface area (Å²) in [4.78, 5) is 11.9. The maximum atomic E-state index is 13.5. The van der Waals surface area contributed by atoms with Gasteiger partial charge in [0.15, 0.2) is 5.78 Å². The molecule has 2 aromatic carbocycles. The van der Waals surface area contributed by atoms with Crippen LogP contribution >= 0.6 is 0 Å². The fourth-order valence-corrected chi connectivity index (χ4v) is 2.07. The summed E-state index contributed by atoms with van der Waals surface area (Å²) in [5.74, 6) is -2.32. The van der Waals surface area contributed by atoms with Crippen LogP contribution in [0.25, 0.3) is 6.08 Å². The normalized spacial score (nSPS) is 11.0. The van der Waals surface area contributed by atoms with Gasteiger partial charge in [-0.1, -0.05) is 12.1 Å². The lowest BCUT2D eigenvalue weighted by molar-refractivity contribution is 0.104. The number of halogens is 2. The summed E-state index contributed by atoms with van der Waals surface area (Å²) in [6.07, 6.45) is 2.58. The van der Waals surface area contributed by atoms with Crippen LogP contribution in [0.5, 0.6) is 5.75 Å². The molecule has 108 valence electrons. The van der Waals surface area contributed by atoms with Gasteiger partial charge in [0.2, 0.25) is 0 Å². The van der Waals surface area contributed by atoms with Crippen LogP contribution in [0.4, 0.5) is 8.78 Å². The van der Waals surface area contributed by atoms with Crippen molar-refractivity contribution in [2.75, 3.05) is 0 Å². The molecule has 0 unspecified atom stereocenters. The van der Waals surface area contributed by atoms with Crippen molar-refractivity contribution in [2.45, 2.75) is 13.8 Å². The Hall–Kier alpha value is -2.49. The van der Waals surface area contributed by atoms with Crippen LogP contribution in [0.2, 0.25) is 0 Å². The number of phenolic OH excluding ortho intramolecular Hbond substituents is 1. The Labute approximate surface area is 121 Å². The monoisotopic (exact) mass is 288 g/mol. The Bertz CT molecular complexity index is 690. The van der Waals surface area contributed by atoms with E-state index in [0.29, 0.717) is 16.7 Å². The number of hydrogen-bond acceptors (Lipinski definition) is 2. The van der Waals surface area contributed by atoms with Crippen LogP contribution in [0.3, 0.4) is 0 Å². The summed E-state index contributed by atoms with van der Waals surface area (Å²) in [7, 11) is 0. The van der Waals surface area contributed by atoms with Gasteiger partial charge in [0.25, 0.3) is 0 Å². The second-order valence-corrected chi connectivity index (χ2v) is 4.80. The van der Waals surface area contributed by atoms with Gasteiger partial charge in [0.1, 0.15) is 17.4 Å². The van der Waals surface area contributed by atoms with Gasteiger partial charge in [0.05, 0.1) is 5.56 Å². The second kappa shape index (κ2) is 5.87. The Morgan fingerprint density at radius 2 is 1.62 bits per heavy atom. The highest BCUT2D eigenvalue weighted by Crippen LogP contribution is 2.23. The van der Waals surface area contributed by atoms with Crippen LogP contribution in [0.15, 0.2) is 36.4 Å². The summed E-state index contributed by atoms with van der Waals surface area (Å²) < 4.78 is 27.0. The first-order valence-electron chi connectivity index (χ1n) is 6.37. The molecule has 0 fully saturated rings. The van der Waals surface area contributed by atoms with Crippen LogP contribution in [0, 0.1) is 25.5 Å². The smallest absolute Gasteiger partial charge is 0.191 e. The largest absolute Gasteiger partial charge is 0.507 e. The van der Waals surface area contributed by atoms with Crippen molar-refractivity contribution in [3.8, 4) is 5.75 Å². The molecular weight excluding hydrogens is 274 g/mol. The molecule has 0 radical (unpaired) electrons. The molecule has 0 saturated carbocycles. The van der Waals surface area contributed by atoms with E-state index in [2.05, 4.69) is 0 Å². The number of allylic oxidation sites excluding steroid dienone is 1. The maximum Gasteiger partial charge on any atom is 0.191 e. The van der Waals surface area contributed by atoms with E-state index >= 15 is 0 Å². The quantitative estimate of drug-likeness (QED) is 0.679. The molecular formula is C17H14F2O2. The number of aromatic hydroxyl groups is 1. The van der Waals surface area contributed by atoms with Crippen LogP contribution in [-0.2, 0) is 0 Å². The molecule has 0 aliphatic heterocycles. The van der Waals surface area contributed by atoms with E-state index in [9.17, 15) is 18.7 Å². The molecule has 21 heavy (non-hydrogen) atoms. The number of carbonyl (C=O) groups is 1. The summed E-state index contributed by atoms with van der Waals surface area (Å²) >= 11 is 0. The molecule has 0 bridgehead atoms. The van der Waals surface area contributed by atoms with Crippen LogP contribution in [0.1, 0.15) is 27.0 Å². The van der Waals surface area contributed by atoms with Crippen LogP contribution in [-0.4, -0.2) is 10.9 Å². The lowest BCUT2D eigenvalue weighted by Crippen LogP contribution is -2.02. The van der Waals surface area contributed by atoms with Gasteiger partial charge in [0, 0.05) is 0 Å². The molecule has 0 aliphatic rings. The summed E-state index contributed by atoms with van der Waals surface area (Å²) in [5, 5.41) is 9.67. The zero-order valence-corrected chi connectivity index (χ0v) is 11.7. The van der Waals surface area contributed by atoms with Gasteiger partial charge in [-0.3, -0.25) is 4.79 Å². The average molecular weight is 288 g/mol. The minimum Gasteiger partial charge on any atom is -0.507 e. The first-order valence-corrected chi connectivity index (χ1v) is 6.37. The van der Waals surface area contributed by atoms with E-state index in [-0.39, 0.29) is 5.75 Å². The summed E-state index contributed by atoms with van der Waals surface area (Å²) in [6, 6.07) is 6.66. The van der Waals surface area contributed by atoms with Crippen molar-refractivity contribution >= 4 is 11.9 Å². The molecule has 0 amide bonds. The number of aryl methyl sites for hydroxylation is 2. The highest BCUT2D eigenvalue weighted by molar-refractivity contribution is 6.07. The van der Waals surface area contributed by atoms with Crippen molar-refractivity contribution in [2.24, 2.45) is 0 Å². The molecule has 0 aromatic heterocycles. The molecule has 0 atom stereocenters. The first kappa shape index (κ1) is 14.9. The van der Waals surface area contributed by atoms with Crippen molar-refractivity contribution in [3.05, 3.63) is 70.3 Å². The fraction of sp³-hybridized carbons (Fsp3) is 0.118. The maximum absolute atomic E-state index is 13.5. The Morgan fingerprint density at radius 3 is 2.14 bits per heavy atom. The number of hydrogen-bond donors (Lipinski definition) is 1. The zero-order valence-electron chi connectivity index (χ0n) is 11.7. The lowest BCUT2D eigenvalue weighted by atomic mass is 10.0. The number of benzene rings is 2. The van der Waals surface area contributed by atoms with E-state index in [1.54, 1.807) is 26.0 Å². The number of ketones is 1. The highest BCUT2D eigenvalue weighted by Gasteiger charge is 2.14. The SMILES string of the molecule is Cc1cc(/C=C/C(=O)c2c(F)cccc2F)cc(C)c1O. The average Bonchev–Trinajstić information content (AvgIpc) is 2.42. The predicted octanol–water partition coefficient (Wildman–Crippen LogP) is 4.18. The lowest BCUT2D eigenvalue weighted by Gasteiger charge is -2.05. The van der Waals surface area contributed by atoms with Crippen molar-refractivity contribution in [1.29, 1.82) is 0 Å². The standard InChI is InChI=1S/C17H14F2O2/c1-10-8-12(9-11(2)17(10)21)6-7-15(20)16-13(18)4-3-5-14(16)19/h3-9,21H,1-2H3/b7-6+. The highest BCUT2D eigenvalue weighted by atomic mass is 19.1. The predicted molar refractivity (Wildman–Crippen MR) is 77.3 cm³/mol. The minimum atomic E-state index is -0.886. The van der Waals surface area contributed by atoms with Gasteiger partial charge in [-0.2, -0.15) is 0 Å². The fourth-order valence-electron chi connectivity index (χ4n) is 2.07. The molecule has 2 nitrogen and oxygen atoms in total. The van der Waals surface area contributed by atoms with Crippen LogP contribution < -0.4 is 0 Å². The molecule has 2 aromatic rings. The molecule has 4 heteroatoms. The second-order valence-electron chi connectivity index (χ2n) is 4.80. The Kier molecular flexibility index (Phi) is 4.17. The topological polar surface area (TPSA) is 37.3 Å². The van der Waals surface area contributed by atoms with Gasteiger partial charge in [-0.15, -0.1) is 0 Å². The van der Waals surface area contributed by atoms with Crippen molar-refractivity contribution in [3.63, 3.8) is 0 Å². The zero-order chi connectivity index (χ0) is 15.6. The Balaban J connectivity index is 2.32. The van der Waals surface area contributed by atoms with Gasteiger partial charge in [-0.05, 0) is 60.9 Å². The first-order chi connectivity index (χ1) is 9.90. The van der Waals surface area contributed by atoms with Gasteiger partial charge >= 0.3 is 0 Å². The number of carbonyl (C=O) groups excluding carboxylic acids is 1. The molecule has 0 aliphatic carbocycles. The van der Waals surface area contributed by atoms with E-state index in [4.69, 9.17) is 0 Å². The third-order valence-corrected chi connectivity index (χ3v) is 3.15. The molecule has 0 spiro atoms. The summed E-state index contributed by atoms with van der Waals surface area (Å²) in [6.45, 7) is 3.47. The molecule has 2 rings (SSSR count). The number of phenols is 1. The van der Waals surface area contributed by atoms with E-state index in [0.717, 1.165) is 18.2 Å². The third-order valence-electron chi connectivity index (χ3n) is 3.15. The van der Waals surface area contributed by atoms with E-state index in [1.165, 1.54) is 12.1 Å². The molecule has 0 heterocycles. The molecule has 0 saturated heterocycles. The van der Waals surface area contributed by atoms with Crippen molar-refractivity contribution in [1.82, 2.24) is 0 Å². The molecule has 1 N–H and O–H groups in total. The van der Waals surface area contributed by atoms with Crippen molar-refractivity contribution < 1.29 is 18.7 Å². The summed E-state index contributed by atoms with van der Waals surface area (Å²) in [5.41, 5.74) is 1.44. The third kappa shape index (κ3) is 3.16. The van der Waals surface area contributed by atoms with Gasteiger partial charge < -0.3 is 5.11 Å². The van der Waals surface area contributed by atoms with Gasteiger partial charge in [-0.25, -0.2) is 8.78 Å². The van der Waals surface area contributed by atoms with E-state index < -0.39 is 23.0 Å². The Morgan fingerprint density at radius 1 is 1.10 bits per heavy atom. The van der Waals surface area contributed by atoms with E-state index in [1.807, 2.05) is 0 Å².